The van der Waals surface area contributed by atoms with Gasteiger partial charge in [-0.3, -0.25) is 9.59 Å². The van der Waals surface area contributed by atoms with Crippen molar-refractivity contribution in [2.24, 2.45) is 0 Å². The van der Waals surface area contributed by atoms with Gasteiger partial charge in [0, 0.05) is 12.8 Å². The highest BCUT2D eigenvalue weighted by Gasteiger charge is 2.18. The Kier molecular flexibility index (Phi) is 56.0. The topological polar surface area (TPSA) is 95.9 Å². The van der Waals surface area contributed by atoms with Gasteiger partial charge in [0.25, 0.3) is 0 Å². The van der Waals surface area contributed by atoms with Gasteiger partial charge in [-0.05, 0) is 83.5 Å². The highest BCUT2D eigenvalue weighted by atomic mass is 16.5. The lowest BCUT2D eigenvalue weighted by Crippen LogP contribution is -2.45. The average Bonchev–Trinajstić information content (AvgIpc) is 3.34. The van der Waals surface area contributed by atoms with E-state index in [-0.39, 0.29) is 18.5 Å². The van der Waals surface area contributed by atoms with Crippen LogP contribution in [0, 0.1) is 0 Å². The number of allylic oxidation sites excluding steroid dienone is 5. The van der Waals surface area contributed by atoms with Crippen LogP contribution in [0.5, 0.6) is 0 Å². The number of hydrogen-bond donors (Lipinski definition) is 3. The van der Waals surface area contributed by atoms with Crippen molar-refractivity contribution in [2.75, 3.05) is 13.2 Å². The third kappa shape index (κ3) is 53.4. The molecule has 0 aliphatic rings. The summed E-state index contributed by atoms with van der Waals surface area (Å²) < 4.78 is 5.48. The number of carbonyl (C=O) groups is 2. The molecule has 0 saturated heterocycles. The van der Waals surface area contributed by atoms with E-state index in [1.165, 1.54) is 231 Å². The van der Waals surface area contributed by atoms with Crippen LogP contribution in [0.4, 0.5) is 0 Å². The standard InChI is InChI=1S/C62H117NO5/c1-3-5-7-9-11-13-15-17-19-21-23-28-32-36-40-44-48-52-56-62(67)68-57-53-49-45-41-37-33-29-25-24-27-31-35-39-43-47-51-55-61(66)63-59(58-64)60(65)54-50-46-42-38-34-30-26-22-20-18-16-14-12-10-8-6-4-2/h19,21,24,27,50,54,59-60,64-65H,3-18,20,22-23,25-26,28-49,51-53,55-58H2,1-2H3,(H,63,66)/b21-19-,27-24-,54-50+. The molecule has 2 atom stereocenters. The van der Waals surface area contributed by atoms with Crippen molar-refractivity contribution in [3.05, 3.63) is 36.5 Å². The van der Waals surface area contributed by atoms with Gasteiger partial charge in [-0.2, -0.15) is 0 Å². The Bertz CT molecular complexity index is 1100. The number of carbonyl (C=O) groups excluding carboxylic acids is 2. The van der Waals surface area contributed by atoms with Crippen LogP contribution in [0.15, 0.2) is 36.5 Å². The fraction of sp³-hybridized carbons (Fsp3) is 0.871. The molecule has 0 rings (SSSR count). The molecule has 0 aromatic rings. The molecule has 0 saturated carbocycles. The second kappa shape index (κ2) is 57.7. The summed E-state index contributed by atoms with van der Waals surface area (Å²) in [6.07, 6.45) is 71.7. The Balaban J connectivity index is 3.48. The number of rotatable bonds is 56. The molecule has 0 bridgehead atoms. The molecule has 0 heterocycles. The Morgan fingerprint density at radius 2 is 0.691 bits per heavy atom. The van der Waals surface area contributed by atoms with Crippen molar-refractivity contribution in [1.82, 2.24) is 5.32 Å². The van der Waals surface area contributed by atoms with E-state index in [0.717, 1.165) is 64.2 Å². The molecule has 0 aliphatic heterocycles. The monoisotopic (exact) mass is 956 g/mol. The predicted octanol–water partition coefficient (Wildman–Crippen LogP) is 18.8. The van der Waals surface area contributed by atoms with E-state index >= 15 is 0 Å². The van der Waals surface area contributed by atoms with Crippen molar-refractivity contribution < 1.29 is 24.5 Å². The van der Waals surface area contributed by atoms with E-state index in [1.54, 1.807) is 6.08 Å². The highest BCUT2D eigenvalue weighted by molar-refractivity contribution is 5.76. The first-order chi connectivity index (χ1) is 33.5. The van der Waals surface area contributed by atoms with Crippen LogP contribution < -0.4 is 5.32 Å². The maximum absolute atomic E-state index is 12.5. The predicted molar refractivity (Wildman–Crippen MR) is 296 cm³/mol. The van der Waals surface area contributed by atoms with Crippen molar-refractivity contribution in [3.63, 3.8) is 0 Å². The summed E-state index contributed by atoms with van der Waals surface area (Å²) in [6.45, 7) is 4.89. The molecule has 0 aromatic carbocycles. The van der Waals surface area contributed by atoms with Crippen LogP contribution in [0.2, 0.25) is 0 Å². The van der Waals surface area contributed by atoms with Crippen molar-refractivity contribution in [1.29, 1.82) is 0 Å². The van der Waals surface area contributed by atoms with Crippen LogP contribution in [-0.2, 0) is 14.3 Å². The number of amides is 1. The van der Waals surface area contributed by atoms with Crippen LogP contribution in [0.25, 0.3) is 0 Å². The minimum Gasteiger partial charge on any atom is -0.466 e. The quantitative estimate of drug-likeness (QED) is 0.0321. The minimum atomic E-state index is -0.856. The molecular weight excluding hydrogens is 839 g/mol. The summed E-state index contributed by atoms with van der Waals surface area (Å²) in [4.78, 5) is 24.5. The van der Waals surface area contributed by atoms with E-state index in [1.807, 2.05) is 6.08 Å². The number of aliphatic hydroxyl groups is 2. The zero-order chi connectivity index (χ0) is 49.3. The van der Waals surface area contributed by atoms with Gasteiger partial charge in [-0.1, -0.05) is 262 Å². The van der Waals surface area contributed by atoms with Gasteiger partial charge in [0.1, 0.15) is 0 Å². The van der Waals surface area contributed by atoms with Crippen LogP contribution in [0.1, 0.15) is 322 Å². The van der Waals surface area contributed by atoms with E-state index in [0.29, 0.717) is 19.4 Å². The summed E-state index contributed by atoms with van der Waals surface area (Å²) in [7, 11) is 0. The molecule has 0 spiro atoms. The Hall–Kier alpha value is -1.92. The largest absolute Gasteiger partial charge is 0.466 e. The van der Waals surface area contributed by atoms with Gasteiger partial charge in [0.2, 0.25) is 5.91 Å². The maximum atomic E-state index is 12.5. The van der Waals surface area contributed by atoms with E-state index in [4.69, 9.17) is 4.74 Å². The fourth-order valence-corrected chi connectivity index (χ4v) is 9.21. The van der Waals surface area contributed by atoms with Crippen LogP contribution in [0.3, 0.4) is 0 Å². The van der Waals surface area contributed by atoms with Crippen molar-refractivity contribution in [3.8, 4) is 0 Å². The third-order valence-electron chi connectivity index (χ3n) is 13.9. The Morgan fingerprint density at radius 1 is 0.397 bits per heavy atom. The Labute approximate surface area is 424 Å². The smallest absolute Gasteiger partial charge is 0.305 e. The first-order valence-electron chi connectivity index (χ1n) is 30.3. The first-order valence-corrected chi connectivity index (χ1v) is 30.3. The van der Waals surface area contributed by atoms with Gasteiger partial charge in [0.05, 0.1) is 25.4 Å². The van der Waals surface area contributed by atoms with Crippen LogP contribution in [-0.4, -0.2) is 47.4 Å². The SMILES string of the molecule is CCCCCCCCC/C=C\CCCCCCCCCC(=O)OCCCCCCCCC/C=C\CCCCCCCC(=O)NC(CO)C(O)/C=C/CCCCCCCCCCCCCCCCC. The zero-order valence-corrected chi connectivity index (χ0v) is 45.6. The summed E-state index contributed by atoms with van der Waals surface area (Å²) in [5, 5.41) is 23.1. The van der Waals surface area contributed by atoms with Gasteiger partial charge in [-0.15, -0.1) is 0 Å². The van der Waals surface area contributed by atoms with Gasteiger partial charge in [0.15, 0.2) is 0 Å². The average molecular weight is 957 g/mol. The lowest BCUT2D eigenvalue weighted by Gasteiger charge is -2.20. The summed E-state index contributed by atoms with van der Waals surface area (Å²) >= 11 is 0. The molecule has 0 aromatic heterocycles. The number of aliphatic hydroxyl groups excluding tert-OH is 2. The second-order valence-electron chi connectivity index (χ2n) is 20.7. The molecular formula is C62H117NO5. The van der Waals surface area contributed by atoms with E-state index in [2.05, 4.69) is 43.5 Å². The van der Waals surface area contributed by atoms with Gasteiger partial charge >= 0.3 is 5.97 Å². The lowest BCUT2D eigenvalue weighted by molar-refractivity contribution is -0.143. The summed E-state index contributed by atoms with van der Waals surface area (Å²) in [5.41, 5.74) is 0. The number of ether oxygens (including phenoxy) is 1. The van der Waals surface area contributed by atoms with E-state index in [9.17, 15) is 19.8 Å². The number of unbranched alkanes of at least 4 members (excludes halogenated alkanes) is 41. The maximum Gasteiger partial charge on any atom is 0.305 e. The summed E-state index contributed by atoms with van der Waals surface area (Å²) in [5.74, 6) is -0.0905. The minimum absolute atomic E-state index is 0.00669. The molecule has 1 amide bonds. The number of hydrogen-bond acceptors (Lipinski definition) is 5. The molecule has 6 heteroatoms. The van der Waals surface area contributed by atoms with Gasteiger partial charge < -0.3 is 20.3 Å². The van der Waals surface area contributed by atoms with Gasteiger partial charge in [-0.25, -0.2) is 0 Å². The molecule has 0 radical (unpaired) electrons. The Morgan fingerprint density at radius 3 is 1.04 bits per heavy atom. The molecule has 68 heavy (non-hydrogen) atoms. The second-order valence-corrected chi connectivity index (χ2v) is 20.7. The molecule has 0 fully saturated rings. The van der Waals surface area contributed by atoms with E-state index < -0.39 is 12.1 Å². The van der Waals surface area contributed by atoms with Crippen molar-refractivity contribution in [2.45, 2.75) is 334 Å². The first kappa shape index (κ1) is 66.1. The third-order valence-corrected chi connectivity index (χ3v) is 13.9. The normalized spacial score (nSPS) is 12.8. The molecule has 3 N–H and O–H groups in total. The fourth-order valence-electron chi connectivity index (χ4n) is 9.21. The zero-order valence-electron chi connectivity index (χ0n) is 45.6. The molecule has 400 valence electrons. The number of esters is 1. The molecule has 0 aliphatic carbocycles. The highest BCUT2D eigenvalue weighted by Crippen LogP contribution is 2.16. The van der Waals surface area contributed by atoms with Crippen molar-refractivity contribution >= 4 is 11.9 Å². The molecule has 6 nitrogen and oxygen atoms in total. The summed E-state index contributed by atoms with van der Waals surface area (Å²) in [6, 6.07) is -0.641. The molecule has 2 unspecified atom stereocenters. The lowest BCUT2D eigenvalue weighted by atomic mass is 10.0. The van der Waals surface area contributed by atoms with Crippen LogP contribution >= 0.6 is 0 Å². The number of nitrogens with one attached hydrogen (secondary N) is 1.